The minimum absolute atomic E-state index is 0.0417. The Hall–Kier alpha value is -2.42. The lowest BCUT2D eigenvalue weighted by Crippen LogP contribution is -2.40. The molecule has 6 nitrogen and oxygen atoms in total. The van der Waals surface area contributed by atoms with Gasteiger partial charge in [-0.2, -0.15) is 0 Å². The molecule has 150 valence electrons. The number of amides is 2. The second-order valence-corrected chi connectivity index (χ2v) is 7.76. The Bertz CT molecular complexity index is 858. The summed E-state index contributed by atoms with van der Waals surface area (Å²) in [5.74, 6) is -1.76. The molecule has 1 saturated heterocycles. The smallest absolute Gasteiger partial charge is 0.267 e. The molecule has 1 atom stereocenters. The van der Waals surface area contributed by atoms with E-state index in [2.05, 4.69) is 14.9 Å². The molecule has 9 heteroatoms. The lowest BCUT2D eigenvalue weighted by Gasteiger charge is -2.32. The number of piperidine rings is 1. The molecule has 28 heavy (non-hydrogen) atoms. The molecular formula is C19H22F2N4O2S. The molecule has 1 aliphatic rings. The number of likely N-dealkylation sites (tertiary alicyclic amines) is 1. The molecule has 3 rings (SSSR count). The summed E-state index contributed by atoms with van der Waals surface area (Å²) in [7, 11) is 0. The number of carbonyl (C=O) groups excluding carboxylic acids is 2. The fourth-order valence-electron chi connectivity index (χ4n) is 3.33. The summed E-state index contributed by atoms with van der Waals surface area (Å²) in [4.78, 5) is 27.1. The van der Waals surface area contributed by atoms with Gasteiger partial charge >= 0.3 is 0 Å². The van der Waals surface area contributed by atoms with Crippen molar-refractivity contribution in [3.05, 3.63) is 46.0 Å². The summed E-state index contributed by atoms with van der Waals surface area (Å²) in [5, 5.41) is 6.62. The van der Waals surface area contributed by atoms with E-state index in [1.54, 1.807) is 6.92 Å². The minimum Gasteiger partial charge on any atom is -0.352 e. The van der Waals surface area contributed by atoms with Gasteiger partial charge in [-0.3, -0.25) is 9.59 Å². The van der Waals surface area contributed by atoms with Crippen molar-refractivity contribution in [1.82, 2.24) is 19.8 Å². The highest BCUT2D eigenvalue weighted by Gasteiger charge is 2.27. The van der Waals surface area contributed by atoms with E-state index < -0.39 is 11.6 Å². The number of hydrogen-bond acceptors (Lipinski definition) is 5. The van der Waals surface area contributed by atoms with Crippen LogP contribution in [0.2, 0.25) is 0 Å². The monoisotopic (exact) mass is 408 g/mol. The van der Waals surface area contributed by atoms with Gasteiger partial charge in [0.25, 0.3) is 5.91 Å². The van der Waals surface area contributed by atoms with E-state index in [0.29, 0.717) is 42.1 Å². The van der Waals surface area contributed by atoms with Crippen LogP contribution in [0.4, 0.5) is 8.78 Å². The maximum absolute atomic E-state index is 13.2. The van der Waals surface area contributed by atoms with Crippen LogP contribution in [0.25, 0.3) is 0 Å². The molecule has 0 bridgehead atoms. The standard InChI is InChI=1S/C19H22F2N4O2S/c1-12-18(28-24-23-12)19(27)25-8-2-3-13(11-25)5-7-17(26)22-10-14-4-6-15(20)16(21)9-14/h4,6,9,13H,2-3,5,7-8,10-11H2,1H3,(H,22,26). The van der Waals surface area contributed by atoms with Gasteiger partial charge in [0.05, 0.1) is 5.69 Å². The van der Waals surface area contributed by atoms with E-state index in [4.69, 9.17) is 0 Å². The van der Waals surface area contributed by atoms with E-state index in [0.717, 1.165) is 36.5 Å². The highest BCUT2D eigenvalue weighted by atomic mass is 32.1. The van der Waals surface area contributed by atoms with Crippen molar-refractivity contribution in [2.75, 3.05) is 13.1 Å². The van der Waals surface area contributed by atoms with E-state index in [9.17, 15) is 18.4 Å². The Morgan fingerprint density at radius 2 is 2.14 bits per heavy atom. The Kier molecular flexibility index (Phi) is 6.66. The Morgan fingerprint density at radius 1 is 1.32 bits per heavy atom. The number of aryl methyl sites for hydroxylation is 1. The highest BCUT2D eigenvalue weighted by molar-refractivity contribution is 7.07. The quantitative estimate of drug-likeness (QED) is 0.797. The first-order valence-electron chi connectivity index (χ1n) is 9.23. The average molecular weight is 408 g/mol. The number of carbonyl (C=O) groups is 2. The molecule has 2 aromatic rings. The average Bonchev–Trinajstić information content (AvgIpc) is 3.12. The van der Waals surface area contributed by atoms with Crippen molar-refractivity contribution in [3.8, 4) is 0 Å². The normalized spacial score (nSPS) is 16.8. The number of benzene rings is 1. The molecule has 1 aromatic carbocycles. The van der Waals surface area contributed by atoms with E-state index in [1.807, 2.05) is 4.90 Å². The first kappa shape index (κ1) is 20.3. The number of nitrogens with one attached hydrogen (secondary N) is 1. The summed E-state index contributed by atoms with van der Waals surface area (Å²) in [6, 6.07) is 3.57. The fourth-order valence-corrected chi connectivity index (χ4v) is 3.96. The molecule has 1 aliphatic heterocycles. The SMILES string of the molecule is Cc1nnsc1C(=O)N1CCCC(CCC(=O)NCc2ccc(F)c(F)c2)C1. The highest BCUT2D eigenvalue weighted by Crippen LogP contribution is 2.24. The molecule has 1 N–H and O–H groups in total. The molecule has 1 fully saturated rings. The van der Waals surface area contributed by atoms with Gasteiger partial charge in [-0.25, -0.2) is 8.78 Å². The van der Waals surface area contributed by atoms with Crippen LogP contribution in [0.15, 0.2) is 18.2 Å². The van der Waals surface area contributed by atoms with Crippen molar-refractivity contribution < 1.29 is 18.4 Å². The predicted octanol–water partition coefficient (Wildman–Crippen LogP) is 3.07. The molecule has 0 saturated carbocycles. The minimum atomic E-state index is -0.926. The van der Waals surface area contributed by atoms with E-state index in [1.165, 1.54) is 6.07 Å². The van der Waals surface area contributed by atoms with Gasteiger partial charge in [-0.05, 0) is 61.3 Å². The van der Waals surface area contributed by atoms with Crippen molar-refractivity contribution in [2.45, 2.75) is 39.2 Å². The van der Waals surface area contributed by atoms with Gasteiger partial charge < -0.3 is 10.2 Å². The molecule has 0 radical (unpaired) electrons. The molecular weight excluding hydrogens is 386 g/mol. The maximum atomic E-state index is 13.2. The van der Waals surface area contributed by atoms with Gasteiger partial charge in [0.1, 0.15) is 4.88 Å². The molecule has 0 aliphatic carbocycles. The third-order valence-electron chi connectivity index (χ3n) is 4.91. The van der Waals surface area contributed by atoms with Gasteiger partial charge in [0, 0.05) is 26.1 Å². The summed E-state index contributed by atoms with van der Waals surface area (Å²) in [6.45, 7) is 3.25. The second-order valence-electron chi connectivity index (χ2n) is 7.01. The third kappa shape index (κ3) is 5.09. The molecule has 1 unspecified atom stereocenters. The first-order chi connectivity index (χ1) is 13.4. The Morgan fingerprint density at radius 3 is 2.86 bits per heavy atom. The van der Waals surface area contributed by atoms with E-state index in [-0.39, 0.29) is 24.3 Å². The summed E-state index contributed by atoms with van der Waals surface area (Å²) >= 11 is 1.11. The van der Waals surface area contributed by atoms with Crippen LogP contribution in [0.3, 0.4) is 0 Å². The summed E-state index contributed by atoms with van der Waals surface area (Å²) in [5.41, 5.74) is 1.16. The van der Waals surface area contributed by atoms with Gasteiger partial charge in [-0.15, -0.1) is 5.10 Å². The van der Waals surface area contributed by atoms with Crippen LogP contribution < -0.4 is 5.32 Å². The third-order valence-corrected chi connectivity index (χ3v) is 5.72. The zero-order valence-corrected chi connectivity index (χ0v) is 16.4. The van der Waals surface area contributed by atoms with Gasteiger partial charge in [0.2, 0.25) is 5.91 Å². The van der Waals surface area contributed by atoms with E-state index >= 15 is 0 Å². The van der Waals surface area contributed by atoms with Crippen molar-refractivity contribution in [3.63, 3.8) is 0 Å². The lowest BCUT2D eigenvalue weighted by atomic mass is 9.93. The zero-order chi connectivity index (χ0) is 20.1. The molecule has 2 amide bonds. The molecule has 1 aromatic heterocycles. The van der Waals surface area contributed by atoms with Crippen LogP contribution in [-0.2, 0) is 11.3 Å². The van der Waals surface area contributed by atoms with Crippen LogP contribution in [-0.4, -0.2) is 39.4 Å². The van der Waals surface area contributed by atoms with Gasteiger partial charge in [-0.1, -0.05) is 10.6 Å². The predicted molar refractivity (Wildman–Crippen MR) is 101 cm³/mol. The molecule has 2 heterocycles. The van der Waals surface area contributed by atoms with Crippen molar-refractivity contribution >= 4 is 23.3 Å². The number of hydrogen-bond donors (Lipinski definition) is 1. The van der Waals surface area contributed by atoms with Crippen LogP contribution in [0, 0.1) is 24.5 Å². The Labute approximate surface area is 166 Å². The number of nitrogens with zero attached hydrogens (tertiary/aromatic N) is 3. The topological polar surface area (TPSA) is 75.2 Å². The lowest BCUT2D eigenvalue weighted by molar-refractivity contribution is -0.121. The van der Waals surface area contributed by atoms with Crippen molar-refractivity contribution in [2.24, 2.45) is 5.92 Å². The fraction of sp³-hybridized carbons (Fsp3) is 0.474. The number of halogens is 2. The second kappa shape index (κ2) is 9.18. The summed E-state index contributed by atoms with van der Waals surface area (Å²) < 4.78 is 29.9. The number of rotatable bonds is 6. The first-order valence-corrected chi connectivity index (χ1v) is 10.00. The van der Waals surface area contributed by atoms with Crippen LogP contribution in [0.1, 0.15) is 46.6 Å². The maximum Gasteiger partial charge on any atom is 0.267 e. The zero-order valence-electron chi connectivity index (χ0n) is 15.6. The number of aromatic nitrogens is 2. The van der Waals surface area contributed by atoms with Crippen molar-refractivity contribution in [1.29, 1.82) is 0 Å². The van der Waals surface area contributed by atoms with Gasteiger partial charge in [0.15, 0.2) is 11.6 Å². The Balaban J connectivity index is 1.44. The largest absolute Gasteiger partial charge is 0.352 e. The summed E-state index contributed by atoms with van der Waals surface area (Å²) in [6.07, 6.45) is 2.88. The van der Waals surface area contributed by atoms with Crippen LogP contribution >= 0.6 is 11.5 Å². The van der Waals surface area contributed by atoms with Crippen LogP contribution in [0.5, 0.6) is 0 Å². The molecule has 0 spiro atoms.